The van der Waals surface area contributed by atoms with Crippen molar-refractivity contribution in [1.29, 1.82) is 0 Å². The predicted molar refractivity (Wildman–Crippen MR) is 106 cm³/mol. The molecule has 152 valence electrons. The molecule has 0 aliphatic carbocycles. The molecule has 0 saturated carbocycles. The molecule has 3 N–H and O–H groups in total. The Balaban J connectivity index is 0.00000364. The highest BCUT2D eigenvalue weighted by atomic mass is 35.5. The van der Waals surface area contributed by atoms with Crippen LogP contribution in [-0.2, 0) is 9.59 Å². The average Bonchev–Trinajstić information content (AvgIpc) is 3.14. The zero-order chi connectivity index (χ0) is 19.3. The quantitative estimate of drug-likeness (QED) is 0.730. The van der Waals surface area contributed by atoms with Crippen LogP contribution in [0.5, 0.6) is 11.5 Å². The van der Waals surface area contributed by atoms with Crippen LogP contribution in [0.2, 0.25) is 0 Å². The van der Waals surface area contributed by atoms with Crippen molar-refractivity contribution < 1.29 is 19.1 Å². The van der Waals surface area contributed by atoms with Crippen molar-refractivity contribution in [3.8, 4) is 11.5 Å². The second-order valence-corrected chi connectivity index (χ2v) is 6.85. The summed E-state index contributed by atoms with van der Waals surface area (Å²) in [6, 6.07) is 5.06. The number of nitrogens with one attached hydrogen (secondary N) is 1. The lowest BCUT2D eigenvalue weighted by Gasteiger charge is -2.26. The monoisotopic (exact) mass is 399 g/mol. The maximum Gasteiger partial charge on any atom is 0.242 e. The van der Waals surface area contributed by atoms with Crippen LogP contribution in [0, 0.1) is 5.92 Å². The Bertz CT molecular complexity index is 654. The summed E-state index contributed by atoms with van der Waals surface area (Å²) in [4.78, 5) is 26.4. The van der Waals surface area contributed by atoms with Gasteiger partial charge in [-0.15, -0.1) is 12.4 Å². The third-order valence-electron chi connectivity index (χ3n) is 4.80. The fourth-order valence-electron chi connectivity index (χ4n) is 3.16. The number of hydrogen-bond donors (Lipinski definition) is 2. The number of benzene rings is 1. The van der Waals surface area contributed by atoms with Crippen LogP contribution in [0.15, 0.2) is 18.2 Å². The molecule has 27 heavy (non-hydrogen) atoms. The zero-order valence-electron chi connectivity index (χ0n) is 16.4. The van der Waals surface area contributed by atoms with Gasteiger partial charge in [-0.25, -0.2) is 0 Å². The first-order valence-corrected chi connectivity index (χ1v) is 8.93. The van der Waals surface area contributed by atoms with E-state index in [-0.39, 0.29) is 42.7 Å². The summed E-state index contributed by atoms with van der Waals surface area (Å²) in [5, 5.41) is 2.65. The molecule has 1 aromatic carbocycles. The molecule has 0 aromatic heterocycles. The normalized spacial score (nSPS) is 17.3. The molecule has 7 nitrogen and oxygen atoms in total. The second-order valence-electron chi connectivity index (χ2n) is 6.85. The van der Waals surface area contributed by atoms with E-state index >= 15 is 0 Å². The highest BCUT2D eigenvalue weighted by Gasteiger charge is 2.31. The third-order valence-corrected chi connectivity index (χ3v) is 4.80. The van der Waals surface area contributed by atoms with E-state index in [4.69, 9.17) is 15.2 Å². The standard InChI is InChI=1S/C19H29N3O4.ClH/c1-12(2)18(20)19(24)21-11-17(23)22-9-5-6-14(22)13-7-8-15(25-3)16(10-13)26-4;/h7-8,10,12,14,18H,5-6,9,11,20H2,1-4H3,(H,21,24);1H/t14?,18-;/m0./s1. The molecule has 2 amide bonds. The minimum absolute atomic E-state index is 0. The molecule has 1 fully saturated rings. The number of hydrogen-bond acceptors (Lipinski definition) is 5. The molecule has 0 spiro atoms. The Morgan fingerprint density at radius 1 is 1.26 bits per heavy atom. The molecule has 0 radical (unpaired) electrons. The van der Waals surface area contributed by atoms with E-state index in [0.717, 1.165) is 18.4 Å². The van der Waals surface area contributed by atoms with E-state index in [1.54, 1.807) is 14.2 Å². The Morgan fingerprint density at radius 3 is 2.52 bits per heavy atom. The molecule has 8 heteroatoms. The third kappa shape index (κ3) is 5.49. The number of nitrogens with zero attached hydrogens (tertiary/aromatic N) is 1. The van der Waals surface area contributed by atoms with Gasteiger partial charge in [0.2, 0.25) is 11.8 Å². The van der Waals surface area contributed by atoms with Gasteiger partial charge in [0.1, 0.15) is 0 Å². The van der Waals surface area contributed by atoms with Crippen molar-refractivity contribution in [3.05, 3.63) is 23.8 Å². The molecular formula is C19H30ClN3O4. The number of carbonyl (C=O) groups excluding carboxylic acids is 2. The molecule has 1 heterocycles. The summed E-state index contributed by atoms with van der Waals surface area (Å²) in [5.74, 6) is 0.917. The Labute approximate surface area is 167 Å². The fourth-order valence-corrected chi connectivity index (χ4v) is 3.16. The molecule has 2 atom stereocenters. The first-order valence-electron chi connectivity index (χ1n) is 8.93. The largest absolute Gasteiger partial charge is 0.493 e. The van der Waals surface area contributed by atoms with Crippen LogP contribution in [0.4, 0.5) is 0 Å². The SMILES string of the molecule is COc1ccc(C2CCCN2C(=O)CNC(=O)[C@@H](N)C(C)C)cc1OC.Cl. The van der Waals surface area contributed by atoms with Gasteiger partial charge < -0.3 is 25.4 Å². The molecule has 2 rings (SSSR count). The highest BCUT2D eigenvalue weighted by Crippen LogP contribution is 2.36. The Morgan fingerprint density at radius 2 is 1.93 bits per heavy atom. The van der Waals surface area contributed by atoms with Crippen LogP contribution in [0.3, 0.4) is 0 Å². The van der Waals surface area contributed by atoms with E-state index in [2.05, 4.69) is 5.32 Å². The Kier molecular flexibility index (Phi) is 8.85. The van der Waals surface area contributed by atoms with Crippen molar-refractivity contribution in [2.75, 3.05) is 27.3 Å². The van der Waals surface area contributed by atoms with E-state index in [1.807, 2.05) is 36.9 Å². The van der Waals surface area contributed by atoms with Crippen molar-refractivity contribution in [1.82, 2.24) is 10.2 Å². The molecule has 0 bridgehead atoms. The van der Waals surface area contributed by atoms with Crippen LogP contribution in [0.1, 0.15) is 38.3 Å². The summed E-state index contributed by atoms with van der Waals surface area (Å²) in [6.07, 6.45) is 1.80. The summed E-state index contributed by atoms with van der Waals surface area (Å²) in [5.41, 5.74) is 6.81. The summed E-state index contributed by atoms with van der Waals surface area (Å²) < 4.78 is 10.6. The summed E-state index contributed by atoms with van der Waals surface area (Å²) >= 11 is 0. The predicted octanol–water partition coefficient (Wildman–Crippen LogP) is 1.89. The lowest BCUT2D eigenvalue weighted by atomic mass is 10.0. The molecule has 1 aliphatic heterocycles. The number of rotatable bonds is 7. The van der Waals surface area contributed by atoms with Gasteiger partial charge in [-0.3, -0.25) is 9.59 Å². The topological polar surface area (TPSA) is 93.9 Å². The number of carbonyl (C=O) groups is 2. The lowest BCUT2D eigenvalue weighted by Crippen LogP contribution is -2.47. The van der Waals surface area contributed by atoms with Crippen molar-refractivity contribution in [3.63, 3.8) is 0 Å². The Hall–Kier alpha value is -1.99. The van der Waals surface area contributed by atoms with Crippen molar-refractivity contribution >= 4 is 24.2 Å². The number of methoxy groups -OCH3 is 2. The summed E-state index contributed by atoms with van der Waals surface area (Å²) in [6.45, 7) is 4.38. The van der Waals surface area contributed by atoms with Crippen LogP contribution in [0.25, 0.3) is 0 Å². The van der Waals surface area contributed by atoms with Gasteiger partial charge in [0.05, 0.1) is 32.8 Å². The second kappa shape index (κ2) is 10.4. The van der Waals surface area contributed by atoms with E-state index in [0.29, 0.717) is 18.0 Å². The molecule has 1 unspecified atom stereocenters. The van der Waals surface area contributed by atoms with Crippen LogP contribution in [-0.4, -0.2) is 50.1 Å². The van der Waals surface area contributed by atoms with E-state index in [1.165, 1.54) is 0 Å². The molecule has 1 aromatic rings. The van der Waals surface area contributed by atoms with Crippen molar-refractivity contribution in [2.45, 2.75) is 38.8 Å². The van der Waals surface area contributed by atoms with Crippen LogP contribution >= 0.6 is 12.4 Å². The highest BCUT2D eigenvalue weighted by molar-refractivity contribution is 5.87. The fraction of sp³-hybridized carbons (Fsp3) is 0.579. The maximum absolute atomic E-state index is 12.6. The number of likely N-dealkylation sites (tertiary alicyclic amines) is 1. The molecule has 1 saturated heterocycles. The van der Waals surface area contributed by atoms with Crippen LogP contribution < -0.4 is 20.5 Å². The lowest BCUT2D eigenvalue weighted by molar-refractivity contribution is -0.134. The number of amides is 2. The van der Waals surface area contributed by atoms with Gasteiger partial charge in [0.15, 0.2) is 11.5 Å². The number of halogens is 1. The molecular weight excluding hydrogens is 370 g/mol. The van der Waals surface area contributed by atoms with Gasteiger partial charge in [-0.05, 0) is 36.5 Å². The smallest absolute Gasteiger partial charge is 0.242 e. The minimum atomic E-state index is -0.608. The van der Waals surface area contributed by atoms with E-state index in [9.17, 15) is 9.59 Å². The first-order chi connectivity index (χ1) is 12.4. The van der Waals surface area contributed by atoms with Crippen molar-refractivity contribution in [2.24, 2.45) is 11.7 Å². The first kappa shape index (κ1) is 23.0. The van der Waals surface area contributed by atoms with Gasteiger partial charge in [0, 0.05) is 6.54 Å². The van der Waals surface area contributed by atoms with E-state index < -0.39 is 6.04 Å². The van der Waals surface area contributed by atoms with Gasteiger partial charge in [0.25, 0.3) is 0 Å². The zero-order valence-corrected chi connectivity index (χ0v) is 17.2. The van der Waals surface area contributed by atoms with Gasteiger partial charge >= 0.3 is 0 Å². The maximum atomic E-state index is 12.6. The van der Waals surface area contributed by atoms with Gasteiger partial charge in [-0.2, -0.15) is 0 Å². The van der Waals surface area contributed by atoms with Gasteiger partial charge in [-0.1, -0.05) is 19.9 Å². The summed E-state index contributed by atoms with van der Waals surface area (Å²) in [7, 11) is 3.18. The minimum Gasteiger partial charge on any atom is -0.493 e. The molecule has 1 aliphatic rings. The number of ether oxygens (including phenoxy) is 2. The number of nitrogens with two attached hydrogens (primary N) is 1. The average molecular weight is 400 g/mol.